The third-order valence-electron chi connectivity index (χ3n) is 5.66. The zero-order valence-corrected chi connectivity index (χ0v) is 18.7. The molecule has 3 fully saturated rings. The van der Waals surface area contributed by atoms with Gasteiger partial charge in [-0.2, -0.15) is 10.1 Å². The molecule has 12 heteroatoms. The van der Waals surface area contributed by atoms with E-state index in [0.717, 1.165) is 31.1 Å². The summed E-state index contributed by atoms with van der Waals surface area (Å²) in [6.07, 6.45) is 6.20. The zero-order valence-electron chi connectivity index (χ0n) is 17.2. The molecule has 0 aliphatic carbocycles. The van der Waals surface area contributed by atoms with Gasteiger partial charge in [0.1, 0.15) is 17.2 Å². The van der Waals surface area contributed by atoms with E-state index in [1.807, 2.05) is 13.2 Å². The summed E-state index contributed by atoms with van der Waals surface area (Å²) < 4.78 is 22.8. The fourth-order valence-corrected chi connectivity index (χ4v) is 5.19. The van der Waals surface area contributed by atoms with Crippen LogP contribution in [0.5, 0.6) is 0 Å². The van der Waals surface area contributed by atoms with E-state index in [1.54, 1.807) is 29.0 Å². The number of ether oxygens (including phenoxy) is 3. The Hall–Kier alpha value is -1.63. The van der Waals surface area contributed by atoms with Crippen LogP contribution in [0.4, 0.5) is 17.5 Å². The minimum Gasteiger partial charge on any atom is -0.381 e. The standard InChI is InChI=1S/C19H26ClN7O3S/c1-27-6-12(4-22-27)23-19-21-5-13(20)18(25-19)24-14-8-29-17-15(9-30-16(14)17)26-31-10-11-2-3-28-7-11/h4-6,11,14-17,26H,2-3,7-10H2,1H3,(H2,21,23,24,25). The molecular formula is C19H26ClN7O3S. The first-order chi connectivity index (χ1) is 15.2. The molecule has 3 aliphatic rings. The molecule has 0 bridgehead atoms. The van der Waals surface area contributed by atoms with Gasteiger partial charge in [-0.05, 0) is 12.3 Å². The molecule has 168 valence electrons. The highest BCUT2D eigenvalue weighted by Gasteiger charge is 2.48. The Labute approximate surface area is 189 Å². The summed E-state index contributed by atoms with van der Waals surface area (Å²) in [5.41, 5.74) is 0.801. The molecule has 2 aromatic rings. The Morgan fingerprint density at radius 2 is 2.03 bits per heavy atom. The number of aromatic nitrogens is 4. The average Bonchev–Trinajstić information content (AvgIpc) is 3.53. The van der Waals surface area contributed by atoms with Crippen molar-refractivity contribution in [3.05, 3.63) is 23.6 Å². The maximum atomic E-state index is 6.34. The van der Waals surface area contributed by atoms with Crippen LogP contribution in [0.1, 0.15) is 6.42 Å². The summed E-state index contributed by atoms with van der Waals surface area (Å²) in [6.45, 7) is 2.89. The molecule has 0 saturated carbocycles. The van der Waals surface area contributed by atoms with E-state index in [9.17, 15) is 0 Å². The van der Waals surface area contributed by atoms with Crippen LogP contribution in [0.15, 0.2) is 18.6 Å². The first-order valence-corrected chi connectivity index (χ1v) is 11.7. The maximum Gasteiger partial charge on any atom is 0.229 e. The van der Waals surface area contributed by atoms with Gasteiger partial charge in [-0.3, -0.25) is 9.40 Å². The molecule has 5 atom stereocenters. The number of fused-ring (bicyclic) bond motifs is 1. The second-order valence-corrected chi connectivity index (χ2v) is 9.29. The molecule has 5 rings (SSSR count). The lowest BCUT2D eigenvalue weighted by molar-refractivity contribution is 0.0692. The molecule has 3 N–H and O–H groups in total. The minimum atomic E-state index is -0.0614. The molecular weight excluding hydrogens is 442 g/mol. The van der Waals surface area contributed by atoms with Crippen LogP contribution < -0.4 is 15.4 Å². The Kier molecular flexibility index (Phi) is 6.49. The Bertz CT molecular complexity index is 897. The number of halogens is 1. The van der Waals surface area contributed by atoms with Gasteiger partial charge < -0.3 is 24.8 Å². The van der Waals surface area contributed by atoms with E-state index in [2.05, 4.69) is 30.4 Å². The highest BCUT2D eigenvalue weighted by molar-refractivity contribution is 7.97. The summed E-state index contributed by atoms with van der Waals surface area (Å²) in [4.78, 5) is 8.77. The number of aryl methyl sites for hydroxylation is 1. The van der Waals surface area contributed by atoms with E-state index in [1.165, 1.54) is 0 Å². The molecule has 10 nitrogen and oxygen atoms in total. The van der Waals surface area contributed by atoms with Crippen LogP contribution in [0.3, 0.4) is 0 Å². The van der Waals surface area contributed by atoms with Crippen molar-refractivity contribution in [1.29, 1.82) is 0 Å². The van der Waals surface area contributed by atoms with Gasteiger partial charge in [-0.1, -0.05) is 23.5 Å². The molecule has 0 aromatic carbocycles. The van der Waals surface area contributed by atoms with E-state index >= 15 is 0 Å². The quantitative estimate of drug-likeness (QED) is 0.497. The van der Waals surface area contributed by atoms with Gasteiger partial charge in [0.05, 0.1) is 50.0 Å². The van der Waals surface area contributed by atoms with Crippen LogP contribution >= 0.6 is 23.5 Å². The predicted octanol–water partition coefficient (Wildman–Crippen LogP) is 1.83. The molecule has 5 heterocycles. The lowest BCUT2D eigenvalue weighted by Crippen LogP contribution is -2.40. The normalized spacial score (nSPS) is 29.9. The van der Waals surface area contributed by atoms with Gasteiger partial charge in [0, 0.05) is 25.6 Å². The number of hydrogen-bond acceptors (Lipinski definition) is 10. The number of nitrogens with one attached hydrogen (secondary N) is 3. The number of rotatable bonds is 8. The van der Waals surface area contributed by atoms with Gasteiger partial charge >= 0.3 is 0 Å². The monoisotopic (exact) mass is 467 g/mol. The Morgan fingerprint density at radius 1 is 1.19 bits per heavy atom. The first-order valence-electron chi connectivity index (χ1n) is 10.4. The van der Waals surface area contributed by atoms with Crippen molar-refractivity contribution in [2.24, 2.45) is 13.0 Å². The second kappa shape index (κ2) is 9.47. The topological polar surface area (TPSA) is 107 Å². The van der Waals surface area contributed by atoms with Gasteiger partial charge in [0.15, 0.2) is 5.82 Å². The Balaban J connectivity index is 1.17. The number of hydrogen-bond donors (Lipinski definition) is 3. The van der Waals surface area contributed by atoms with Crippen LogP contribution in [0.2, 0.25) is 5.02 Å². The van der Waals surface area contributed by atoms with Crippen molar-refractivity contribution < 1.29 is 14.2 Å². The summed E-state index contributed by atoms with van der Waals surface area (Å²) >= 11 is 8.09. The minimum absolute atomic E-state index is 0.00145. The molecule has 5 unspecified atom stereocenters. The van der Waals surface area contributed by atoms with E-state index < -0.39 is 0 Å². The van der Waals surface area contributed by atoms with Crippen molar-refractivity contribution in [3.8, 4) is 0 Å². The first kappa shape index (κ1) is 21.2. The highest BCUT2D eigenvalue weighted by Crippen LogP contribution is 2.32. The summed E-state index contributed by atoms with van der Waals surface area (Å²) in [6, 6.07) is 0.122. The van der Waals surface area contributed by atoms with Gasteiger partial charge in [0.2, 0.25) is 5.95 Å². The number of anilines is 3. The molecule has 31 heavy (non-hydrogen) atoms. The van der Waals surface area contributed by atoms with E-state index in [-0.39, 0.29) is 24.3 Å². The molecule has 0 spiro atoms. The van der Waals surface area contributed by atoms with Gasteiger partial charge in [-0.25, -0.2) is 4.98 Å². The molecule has 3 saturated heterocycles. The third kappa shape index (κ3) is 4.91. The average molecular weight is 468 g/mol. The fraction of sp³-hybridized carbons (Fsp3) is 0.632. The van der Waals surface area contributed by atoms with Crippen molar-refractivity contribution >= 4 is 41.0 Å². The van der Waals surface area contributed by atoms with Crippen molar-refractivity contribution in [1.82, 2.24) is 24.5 Å². The SMILES string of the molecule is Cn1cc(Nc2ncc(Cl)c(NC3COC4C(NSCC5CCOC5)COC34)n2)cn1. The lowest BCUT2D eigenvalue weighted by atomic mass is 10.1. The number of nitrogens with zero attached hydrogens (tertiary/aromatic N) is 4. The van der Waals surface area contributed by atoms with Gasteiger partial charge in [-0.15, -0.1) is 0 Å². The predicted molar refractivity (Wildman–Crippen MR) is 119 cm³/mol. The molecule has 2 aromatic heterocycles. The summed E-state index contributed by atoms with van der Waals surface area (Å²) in [5, 5.41) is 11.1. The van der Waals surface area contributed by atoms with Crippen LogP contribution in [0.25, 0.3) is 0 Å². The largest absolute Gasteiger partial charge is 0.381 e. The van der Waals surface area contributed by atoms with Crippen molar-refractivity contribution in [2.75, 3.05) is 42.8 Å². The summed E-state index contributed by atoms with van der Waals surface area (Å²) in [5.74, 6) is 2.66. The molecule has 3 aliphatic heterocycles. The van der Waals surface area contributed by atoms with Gasteiger partial charge in [0.25, 0.3) is 0 Å². The second-order valence-electron chi connectivity index (χ2n) is 8.03. The smallest absolute Gasteiger partial charge is 0.229 e. The fourth-order valence-electron chi connectivity index (χ4n) is 4.03. The molecule has 0 amide bonds. The van der Waals surface area contributed by atoms with E-state index in [4.69, 9.17) is 25.8 Å². The van der Waals surface area contributed by atoms with Crippen molar-refractivity contribution in [3.63, 3.8) is 0 Å². The third-order valence-corrected chi connectivity index (χ3v) is 7.04. The zero-order chi connectivity index (χ0) is 21.2. The van der Waals surface area contributed by atoms with E-state index in [0.29, 0.717) is 35.9 Å². The van der Waals surface area contributed by atoms with Crippen LogP contribution in [0, 0.1) is 5.92 Å². The summed E-state index contributed by atoms with van der Waals surface area (Å²) in [7, 11) is 1.85. The van der Waals surface area contributed by atoms with Crippen LogP contribution in [-0.2, 0) is 21.3 Å². The Morgan fingerprint density at radius 3 is 2.81 bits per heavy atom. The van der Waals surface area contributed by atoms with Crippen LogP contribution in [-0.4, -0.2) is 76.2 Å². The molecule has 0 radical (unpaired) electrons. The lowest BCUT2D eigenvalue weighted by Gasteiger charge is -2.19. The maximum absolute atomic E-state index is 6.34. The highest BCUT2D eigenvalue weighted by atomic mass is 35.5. The van der Waals surface area contributed by atoms with Crippen molar-refractivity contribution in [2.45, 2.75) is 30.7 Å².